The van der Waals surface area contributed by atoms with Crippen LogP contribution in [-0.2, 0) is 14.8 Å². The number of hydrogen-bond donors (Lipinski definition) is 2. The maximum absolute atomic E-state index is 13.4. The first-order valence-electron chi connectivity index (χ1n) is 9.58. The average molecular weight is 462 g/mol. The summed E-state index contributed by atoms with van der Waals surface area (Å²) in [6.45, 7) is 2.02. The van der Waals surface area contributed by atoms with Crippen molar-refractivity contribution in [3.63, 3.8) is 0 Å². The third-order valence-corrected chi connectivity index (χ3v) is 6.73. The molecule has 0 saturated carbocycles. The molecule has 1 saturated heterocycles. The third-order valence-electron chi connectivity index (χ3n) is 4.89. The number of rotatable bonds is 8. The fourth-order valence-electron chi connectivity index (χ4n) is 3.33. The Morgan fingerprint density at radius 2 is 1.72 bits per heavy atom. The molecule has 2 aromatic rings. The van der Waals surface area contributed by atoms with Crippen molar-refractivity contribution in [2.24, 2.45) is 0 Å². The van der Waals surface area contributed by atoms with E-state index in [4.69, 9.17) is 0 Å². The normalized spacial score (nSPS) is 16.5. The van der Waals surface area contributed by atoms with Crippen molar-refractivity contribution in [3.05, 3.63) is 64.7 Å². The van der Waals surface area contributed by atoms with Crippen LogP contribution in [0, 0.1) is 10.1 Å². The highest BCUT2D eigenvalue weighted by atomic mass is 32.2. The summed E-state index contributed by atoms with van der Waals surface area (Å²) in [5.74, 6) is -0.561. The number of nitro benzene ring substituents is 1. The van der Waals surface area contributed by atoms with E-state index in [2.05, 4.69) is 5.32 Å². The van der Waals surface area contributed by atoms with Gasteiger partial charge in [-0.25, -0.2) is 13.2 Å². The van der Waals surface area contributed by atoms with Crippen LogP contribution >= 0.6 is 0 Å². The molecule has 0 spiro atoms. The lowest BCUT2D eigenvalue weighted by Crippen LogP contribution is -2.45. The molecule has 3 rings (SSSR count). The highest BCUT2D eigenvalue weighted by molar-refractivity contribution is 7.93. The molecule has 1 atom stereocenters. The van der Waals surface area contributed by atoms with E-state index in [9.17, 15) is 33.2 Å². The summed E-state index contributed by atoms with van der Waals surface area (Å²) in [6, 6.07) is 11.9. The second kappa shape index (κ2) is 8.55. The number of nitro groups is 1. The zero-order chi connectivity index (χ0) is 23.7. The van der Waals surface area contributed by atoms with Crippen molar-refractivity contribution in [3.8, 4) is 0 Å². The minimum atomic E-state index is -4.48. The number of amides is 3. The highest BCUT2D eigenvalue weighted by Gasteiger charge is 2.45. The maximum Gasteiger partial charge on any atom is 0.325 e. The Morgan fingerprint density at radius 1 is 1.12 bits per heavy atom. The van der Waals surface area contributed by atoms with Gasteiger partial charge >= 0.3 is 6.03 Å². The van der Waals surface area contributed by atoms with Gasteiger partial charge in [-0.3, -0.25) is 24.1 Å². The Labute approximate surface area is 184 Å². The van der Waals surface area contributed by atoms with Crippen LogP contribution in [0.1, 0.15) is 13.8 Å². The van der Waals surface area contributed by atoms with Crippen LogP contribution in [0.2, 0.25) is 0 Å². The standard InChI is InChI=1S/C20H22N4O7S/c1-20(2)18(26)22(19(27)21-20)12-15(25)13-23(14-8-4-3-5-9-14)32(30,31)17-11-7-6-10-16(17)24(28)29/h3-11,15,25H,12-13H2,1-2H3,(H,21,27)/t15-/m1/s1. The third kappa shape index (κ3) is 4.41. The highest BCUT2D eigenvalue weighted by Crippen LogP contribution is 2.30. The summed E-state index contributed by atoms with van der Waals surface area (Å²) in [5, 5.41) is 24.5. The summed E-state index contributed by atoms with van der Waals surface area (Å²) in [7, 11) is -4.48. The van der Waals surface area contributed by atoms with Gasteiger partial charge in [0.2, 0.25) is 0 Å². The molecule has 0 unspecified atom stereocenters. The Bertz CT molecular complexity index is 1150. The number of imide groups is 1. The number of nitrogens with zero attached hydrogens (tertiary/aromatic N) is 3. The van der Waals surface area contributed by atoms with Gasteiger partial charge < -0.3 is 10.4 Å². The number of anilines is 1. The lowest BCUT2D eigenvalue weighted by atomic mass is 10.1. The fourth-order valence-corrected chi connectivity index (χ4v) is 4.99. The van der Waals surface area contributed by atoms with Gasteiger partial charge in [-0.15, -0.1) is 0 Å². The lowest BCUT2D eigenvalue weighted by Gasteiger charge is -2.28. The molecule has 2 N–H and O–H groups in total. The maximum atomic E-state index is 13.4. The van der Waals surface area contributed by atoms with Gasteiger partial charge in [0.1, 0.15) is 5.54 Å². The van der Waals surface area contributed by atoms with Gasteiger partial charge in [-0.2, -0.15) is 0 Å². The molecule has 2 aromatic carbocycles. The Morgan fingerprint density at radius 3 is 2.28 bits per heavy atom. The number of urea groups is 1. The number of aliphatic hydroxyl groups is 1. The fraction of sp³-hybridized carbons (Fsp3) is 0.300. The van der Waals surface area contributed by atoms with Gasteiger partial charge in [-0.1, -0.05) is 30.3 Å². The number of carbonyl (C=O) groups is 2. The lowest BCUT2D eigenvalue weighted by molar-refractivity contribution is -0.387. The summed E-state index contributed by atoms with van der Waals surface area (Å²) in [4.78, 5) is 35.4. The predicted molar refractivity (Wildman–Crippen MR) is 114 cm³/mol. The smallest absolute Gasteiger partial charge is 0.325 e. The molecule has 0 bridgehead atoms. The zero-order valence-corrected chi connectivity index (χ0v) is 18.2. The SMILES string of the molecule is CC1(C)NC(=O)N(C[C@@H](O)CN(c2ccccc2)S(=O)(=O)c2ccccc2[N+](=O)[O-])C1=O. The van der Waals surface area contributed by atoms with Gasteiger partial charge in [0.05, 0.1) is 29.8 Å². The first-order valence-corrected chi connectivity index (χ1v) is 11.0. The summed E-state index contributed by atoms with van der Waals surface area (Å²) < 4.78 is 27.6. The van der Waals surface area contributed by atoms with Crippen molar-refractivity contribution in [1.82, 2.24) is 10.2 Å². The van der Waals surface area contributed by atoms with Crippen LogP contribution in [0.3, 0.4) is 0 Å². The van der Waals surface area contributed by atoms with Crippen LogP contribution in [0.4, 0.5) is 16.2 Å². The van der Waals surface area contributed by atoms with Crippen molar-refractivity contribution < 1.29 is 28.0 Å². The molecular formula is C20H22N4O7S. The topological polar surface area (TPSA) is 150 Å². The molecule has 32 heavy (non-hydrogen) atoms. The molecule has 170 valence electrons. The molecule has 11 nitrogen and oxygen atoms in total. The van der Waals surface area contributed by atoms with Crippen molar-refractivity contribution in [2.75, 3.05) is 17.4 Å². The van der Waals surface area contributed by atoms with E-state index in [1.807, 2.05) is 0 Å². The number of nitrogens with one attached hydrogen (secondary N) is 1. The first-order chi connectivity index (χ1) is 14.9. The van der Waals surface area contributed by atoms with Gasteiger partial charge in [0.25, 0.3) is 21.6 Å². The summed E-state index contributed by atoms with van der Waals surface area (Å²) in [6.07, 6.45) is -1.46. The second-order valence-corrected chi connectivity index (χ2v) is 9.55. The number of carbonyl (C=O) groups excluding carboxylic acids is 2. The monoisotopic (exact) mass is 462 g/mol. The Balaban J connectivity index is 1.96. The minimum Gasteiger partial charge on any atom is -0.389 e. The molecular weight excluding hydrogens is 440 g/mol. The quantitative estimate of drug-likeness (QED) is 0.343. The molecule has 0 radical (unpaired) electrons. The molecule has 1 heterocycles. The molecule has 12 heteroatoms. The molecule has 3 amide bonds. The Kier molecular flexibility index (Phi) is 6.19. The number of aliphatic hydroxyl groups excluding tert-OH is 1. The summed E-state index contributed by atoms with van der Waals surface area (Å²) >= 11 is 0. The number of β-amino-alcohol motifs (C(OH)–C–C–N with tert-alkyl or cyclic N) is 1. The van der Waals surface area contributed by atoms with Gasteiger partial charge in [0.15, 0.2) is 4.90 Å². The van der Waals surface area contributed by atoms with Crippen molar-refractivity contribution in [2.45, 2.75) is 30.4 Å². The van der Waals surface area contributed by atoms with E-state index in [0.29, 0.717) is 0 Å². The molecule has 0 aliphatic carbocycles. The second-order valence-electron chi connectivity index (χ2n) is 7.72. The van der Waals surface area contributed by atoms with Crippen LogP contribution in [0.15, 0.2) is 59.5 Å². The zero-order valence-electron chi connectivity index (χ0n) is 17.3. The van der Waals surface area contributed by atoms with Crippen molar-refractivity contribution in [1.29, 1.82) is 0 Å². The van der Waals surface area contributed by atoms with Gasteiger partial charge in [-0.05, 0) is 32.0 Å². The average Bonchev–Trinajstić information content (AvgIpc) is 2.94. The van der Waals surface area contributed by atoms with E-state index < -0.39 is 62.2 Å². The van der Waals surface area contributed by atoms with E-state index in [0.717, 1.165) is 21.3 Å². The molecule has 1 aliphatic rings. The van der Waals surface area contributed by atoms with E-state index in [1.165, 1.54) is 38.1 Å². The van der Waals surface area contributed by atoms with E-state index >= 15 is 0 Å². The van der Waals surface area contributed by atoms with Crippen molar-refractivity contribution >= 4 is 33.3 Å². The summed E-state index contributed by atoms with van der Waals surface area (Å²) in [5.41, 5.74) is -1.60. The molecule has 1 aliphatic heterocycles. The molecule has 0 aromatic heterocycles. The van der Waals surface area contributed by atoms with Crippen LogP contribution in [0.25, 0.3) is 0 Å². The number of para-hydroxylation sites is 2. The Hall–Kier alpha value is -3.51. The minimum absolute atomic E-state index is 0.155. The molecule has 1 fully saturated rings. The number of benzene rings is 2. The first kappa shape index (κ1) is 23.2. The predicted octanol–water partition coefficient (Wildman–Crippen LogP) is 1.48. The van der Waals surface area contributed by atoms with Crippen LogP contribution < -0.4 is 9.62 Å². The number of sulfonamides is 1. The van der Waals surface area contributed by atoms with Gasteiger partial charge in [0, 0.05) is 6.07 Å². The van der Waals surface area contributed by atoms with Crippen LogP contribution in [-0.4, -0.2) is 60.0 Å². The largest absolute Gasteiger partial charge is 0.389 e. The van der Waals surface area contributed by atoms with E-state index in [1.54, 1.807) is 18.2 Å². The van der Waals surface area contributed by atoms with E-state index in [-0.39, 0.29) is 5.69 Å². The van der Waals surface area contributed by atoms with Crippen LogP contribution in [0.5, 0.6) is 0 Å². The number of hydrogen-bond acceptors (Lipinski definition) is 7.